The van der Waals surface area contributed by atoms with Gasteiger partial charge in [-0.05, 0) is 29.7 Å². The molecule has 8 heteroatoms. The highest BCUT2D eigenvalue weighted by atomic mass is 19.1. The van der Waals surface area contributed by atoms with Gasteiger partial charge in [0.25, 0.3) is 5.91 Å². The van der Waals surface area contributed by atoms with Gasteiger partial charge in [0, 0.05) is 13.0 Å². The maximum absolute atomic E-state index is 13.4. The van der Waals surface area contributed by atoms with Crippen LogP contribution in [0, 0.1) is 5.82 Å². The largest absolute Gasteiger partial charge is 0.370 e. The third-order valence-corrected chi connectivity index (χ3v) is 5.57. The van der Waals surface area contributed by atoms with Crippen LogP contribution in [0.2, 0.25) is 0 Å². The number of halogens is 1. The van der Waals surface area contributed by atoms with E-state index in [2.05, 4.69) is 5.32 Å². The number of morpholine rings is 1. The number of hydrogen-bond donors (Lipinski definition) is 1. The number of nitrogens with zero attached hydrogens (tertiary/aromatic N) is 2. The lowest BCUT2D eigenvalue weighted by Crippen LogP contribution is -2.43. The van der Waals surface area contributed by atoms with Crippen LogP contribution in [0.4, 0.5) is 9.18 Å². The molecule has 0 aliphatic carbocycles. The first kappa shape index (κ1) is 21.0. The van der Waals surface area contributed by atoms with Crippen molar-refractivity contribution in [2.75, 3.05) is 19.7 Å². The average Bonchev–Trinajstić information content (AvgIpc) is 3.06. The molecule has 0 bridgehead atoms. The Morgan fingerprint density at radius 1 is 1.13 bits per heavy atom. The summed E-state index contributed by atoms with van der Waals surface area (Å²) < 4.78 is 19.2. The molecule has 2 aromatic rings. The Balaban J connectivity index is 1.31. The molecule has 7 nitrogen and oxygen atoms in total. The summed E-state index contributed by atoms with van der Waals surface area (Å²) in [6, 6.07) is 14.2. The fourth-order valence-electron chi connectivity index (χ4n) is 3.91. The lowest BCUT2D eigenvalue weighted by Gasteiger charge is -2.33. The van der Waals surface area contributed by atoms with Gasteiger partial charge in [-0.25, -0.2) is 9.18 Å². The Kier molecular flexibility index (Phi) is 6.27. The van der Waals surface area contributed by atoms with E-state index < -0.39 is 23.8 Å². The molecule has 2 saturated heterocycles. The molecule has 2 aromatic carbocycles. The monoisotopic (exact) mass is 425 g/mol. The molecule has 2 aliphatic heterocycles. The summed E-state index contributed by atoms with van der Waals surface area (Å²) >= 11 is 0. The van der Waals surface area contributed by atoms with Crippen molar-refractivity contribution in [2.24, 2.45) is 0 Å². The number of urea groups is 1. The number of nitrogens with one attached hydrogen (secondary N) is 1. The number of ether oxygens (including phenoxy) is 1. The minimum atomic E-state index is -0.754. The summed E-state index contributed by atoms with van der Waals surface area (Å²) in [5.74, 6) is -0.896. The van der Waals surface area contributed by atoms with Crippen LogP contribution < -0.4 is 5.32 Å². The van der Waals surface area contributed by atoms with Crippen LogP contribution in [0.25, 0.3) is 0 Å². The lowest BCUT2D eigenvalue weighted by molar-refractivity contribution is -0.139. The van der Waals surface area contributed by atoms with Crippen LogP contribution in [0.3, 0.4) is 0 Å². The van der Waals surface area contributed by atoms with Gasteiger partial charge in [-0.15, -0.1) is 0 Å². The van der Waals surface area contributed by atoms with Crippen LogP contribution in [-0.4, -0.2) is 53.4 Å². The topological polar surface area (TPSA) is 79.0 Å². The van der Waals surface area contributed by atoms with E-state index in [0.717, 1.165) is 10.5 Å². The van der Waals surface area contributed by atoms with Gasteiger partial charge < -0.3 is 15.0 Å². The van der Waals surface area contributed by atoms with Crippen molar-refractivity contribution in [3.8, 4) is 0 Å². The number of carbonyl (C=O) groups excluding carboxylic acids is 3. The first-order valence-corrected chi connectivity index (χ1v) is 10.3. The van der Waals surface area contributed by atoms with E-state index >= 15 is 0 Å². The minimum absolute atomic E-state index is 0.00487. The summed E-state index contributed by atoms with van der Waals surface area (Å²) in [7, 11) is 0. The standard InChI is InChI=1S/C23H24FN3O4/c24-18-8-4-5-16(13-18)14-27-22(29)19(25-23(27)30)9-10-21(28)26-11-12-31-20(15-26)17-6-2-1-3-7-17/h1-8,13,19-20H,9-12,14-15H2,(H,25,30)/t19-,20?/m0/s1. The minimum Gasteiger partial charge on any atom is -0.370 e. The van der Waals surface area contributed by atoms with Crippen molar-refractivity contribution in [3.63, 3.8) is 0 Å². The molecule has 0 saturated carbocycles. The smallest absolute Gasteiger partial charge is 0.325 e. The zero-order chi connectivity index (χ0) is 21.8. The Bertz CT molecular complexity index is 968. The molecule has 0 radical (unpaired) electrons. The molecule has 2 fully saturated rings. The molecule has 31 heavy (non-hydrogen) atoms. The van der Waals surface area contributed by atoms with Gasteiger partial charge >= 0.3 is 6.03 Å². The molecule has 2 aliphatic rings. The fraction of sp³-hybridized carbons (Fsp3) is 0.348. The second-order valence-corrected chi connectivity index (χ2v) is 7.70. The van der Waals surface area contributed by atoms with Crippen LogP contribution in [-0.2, 0) is 20.9 Å². The highest BCUT2D eigenvalue weighted by molar-refractivity contribution is 6.04. The molecular weight excluding hydrogens is 401 g/mol. The Morgan fingerprint density at radius 2 is 1.94 bits per heavy atom. The first-order chi connectivity index (χ1) is 15.0. The second kappa shape index (κ2) is 9.26. The van der Waals surface area contributed by atoms with E-state index in [0.29, 0.717) is 25.3 Å². The number of amides is 4. The summed E-state index contributed by atoms with van der Waals surface area (Å²) in [6.07, 6.45) is 0.191. The summed E-state index contributed by atoms with van der Waals surface area (Å²) in [4.78, 5) is 40.4. The van der Waals surface area contributed by atoms with Gasteiger partial charge in [-0.2, -0.15) is 0 Å². The van der Waals surface area contributed by atoms with Crippen LogP contribution in [0.1, 0.15) is 30.1 Å². The fourth-order valence-corrected chi connectivity index (χ4v) is 3.91. The number of imide groups is 1. The van der Waals surface area contributed by atoms with Gasteiger partial charge in [0.05, 0.1) is 19.7 Å². The average molecular weight is 425 g/mol. The lowest BCUT2D eigenvalue weighted by atomic mass is 10.1. The Hall–Kier alpha value is -3.26. The summed E-state index contributed by atoms with van der Waals surface area (Å²) in [5, 5.41) is 2.63. The van der Waals surface area contributed by atoms with E-state index in [4.69, 9.17) is 4.74 Å². The maximum Gasteiger partial charge on any atom is 0.325 e. The van der Waals surface area contributed by atoms with Crippen molar-refractivity contribution in [1.82, 2.24) is 15.1 Å². The number of carbonyl (C=O) groups is 3. The van der Waals surface area contributed by atoms with E-state index in [1.165, 1.54) is 18.2 Å². The van der Waals surface area contributed by atoms with Gasteiger partial charge in [-0.3, -0.25) is 14.5 Å². The Labute approximate surface area is 179 Å². The predicted octanol–water partition coefficient (Wildman–Crippen LogP) is 2.63. The molecule has 1 N–H and O–H groups in total. The third kappa shape index (κ3) is 4.91. The number of hydrogen-bond acceptors (Lipinski definition) is 4. The Morgan fingerprint density at radius 3 is 2.71 bits per heavy atom. The highest BCUT2D eigenvalue weighted by Gasteiger charge is 2.38. The van der Waals surface area contributed by atoms with Gasteiger partial charge in [0.1, 0.15) is 18.0 Å². The zero-order valence-corrected chi connectivity index (χ0v) is 17.0. The molecule has 0 aromatic heterocycles. The van der Waals surface area contributed by atoms with E-state index in [1.807, 2.05) is 30.3 Å². The normalized spacial score (nSPS) is 21.3. The molecule has 0 spiro atoms. The zero-order valence-electron chi connectivity index (χ0n) is 17.0. The van der Waals surface area contributed by atoms with E-state index in [9.17, 15) is 18.8 Å². The van der Waals surface area contributed by atoms with Gasteiger partial charge in [0.15, 0.2) is 0 Å². The quantitative estimate of drug-likeness (QED) is 0.722. The van der Waals surface area contributed by atoms with Crippen molar-refractivity contribution in [3.05, 3.63) is 71.5 Å². The van der Waals surface area contributed by atoms with Crippen molar-refractivity contribution < 1.29 is 23.5 Å². The highest BCUT2D eigenvalue weighted by Crippen LogP contribution is 2.23. The predicted molar refractivity (Wildman–Crippen MR) is 110 cm³/mol. The van der Waals surface area contributed by atoms with Crippen molar-refractivity contribution in [1.29, 1.82) is 0 Å². The molecular formula is C23H24FN3O4. The summed E-state index contributed by atoms with van der Waals surface area (Å²) in [6.45, 7) is 1.40. The maximum atomic E-state index is 13.4. The van der Waals surface area contributed by atoms with E-state index in [1.54, 1.807) is 11.0 Å². The second-order valence-electron chi connectivity index (χ2n) is 7.70. The van der Waals surface area contributed by atoms with E-state index in [-0.39, 0.29) is 31.4 Å². The molecule has 4 amide bonds. The van der Waals surface area contributed by atoms with Gasteiger partial charge in [0.2, 0.25) is 5.91 Å². The van der Waals surface area contributed by atoms with Crippen LogP contribution in [0.5, 0.6) is 0 Å². The van der Waals surface area contributed by atoms with Crippen LogP contribution in [0.15, 0.2) is 54.6 Å². The summed E-state index contributed by atoms with van der Waals surface area (Å²) in [5.41, 5.74) is 1.55. The molecule has 162 valence electrons. The number of rotatable bonds is 6. The molecule has 2 atom stereocenters. The van der Waals surface area contributed by atoms with Gasteiger partial charge in [-0.1, -0.05) is 42.5 Å². The molecule has 2 heterocycles. The third-order valence-electron chi connectivity index (χ3n) is 5.57. The van der Waals surface area contributed by atoms with Crippen molar-refractivity contribution in [2.45, 2.75) is 31.5 Å². The van der Waals surface area contributed by atoms with Crippen LogP contribution >= 0.6 is 0 Å². The number of benzene rings is 2. The first-order valence-electron chi connectivity index (χ1n) is 10.3. The SMILES string of the molecule is O=C(CC[C@@H]1NC(=O)N(Cc2cccc(F)c2)C1=O)N1CCOC(c2ccccc2)C1. The molecule has 1 unspecified atom stereocenters. The van der Waals surface area contributed by atoms with Crippen molar-refractivity contribution >= 4 is 17.8 Å². The molecule has 4 rings (SSSR count).